The fourth-order valence-corrected chi connectivity index (χ4v) is 5.47. The van der Waals surface area contributed by atoms with E-state index in [0.29, 0.717) is 31.0 Å². The lowest BCUT2D eigenvalue weighted by molar-refractivity contribution is -0.120. The molecule has 1 saturated heterocycles. The number of nitrogens with zero attached hydrogens (tertiary/aromatic N) is 2. The average Bonchev–Trinajstić information content (AvgIpc) is 3.33. The van der Waals surface area contributed by atoms with Crippen molar-refractivity contribution < 1.29 is 22.7 Å². The molecule has 0 aliphatic carbocycles. The first kappa shape index (κ1) is 25.2. The highest BCUT2D eigenvalue weighted by atomic mass is 32.2. The Bertz CT molecular complexity index is 1310. The Labute approximate surface area is 211 Å². The van der Waals surface area contributed by atoms with Gasteiger partial charge in [0.05, 0.1) is 17.2 Å². The largest absolute Gasteiger partial charge is 0.494 e. The molecular formula is C27H29N3O5S. The quantitative estimate of drug-likeness (QED) is 0.451. The minimum Gasteiger partial charge on any atom is -0.494 e. The molecule has 4 rings (SSSR count). The highest BCUT2D eigenvalue weighted by Crippen LogP contribution is 2.25. The summed E-state index contributed by atoms with van der Waals surface area (Å²) in [5, 5.41) is 2.81. The first-order valence-corrected chi connectivity index (χ1v) is 13.3. The minimum absolute atomic E-state index is 0.0607. The van der Waals surface area contributed by atoms with Crippen LogP contribution in [0.3, 0.4) is 0 Å². The third-order valence-electron chi connectivity index (χ3n) is 5.84. The molecule has 0 atom stereocenters. The van der Waals surface area contributed by atoms with E-state index in [1.165, 1.54) is 12.1 Å². The predicted octanol–water partition coefficient (Wildman–Crippen LogP) is 3.72. The molecule has 2 amide bonds. The van der Waals surface area contributed by atoms with Crippen LogP contribution in [0.15, 0.2) is 83.8 Å². The number of para-hydroxylation sites is 1. The van der Waals surface area contributed by atoms with Gasteiger partial charge in [0.15, 0.2) is 0 Å². The van der Waals surface area contributed by atoms with Crippen LogP contribution in [0, 0.1) is 0 Å². The van der Waals surface area contributed by atoms with E-state index < -0.39 is 15.9 Å². The van der Waals surface area contributed by atoms with E-state index in [4.69, 9.17) is 4.74 Å². The molecular weight excluding hydrogens is 478 g/mol. The van der Waals surface area contributed by atoms with Crippen molar-refractivity contribution in [2.75, 3.05) is 28.9 Å². The number of benzene rings is 3. The van der Waals surface area contributed by atoms with Crippen molar-refractivity contribution in [3.8, 4) is 5.75 Å². The van der Waals surface area contributed by atoms with E-state index in [0.717, 1.165) is 22.0 Å². The summed E-state index contributed by atoms with van der Waals surface area (Å²) in [6.45, 7) is 2.83. The summed E-state index contributed by atoms with van der Waals surface area (Å²) in [4.78, 5) is 26.8. The molecule has 0 unspecified atom stereocenters. The van der Waals surface area contributed by atoms with E-state index >= 15 is 0 Å². The van der Waals surface area contributed by atoms with Gasteiger partial charge in [0, 0.05) is 25.2 Å². The highest BCUT2D eigenvalue weighted by molar-refractivity contribution is 7.92. The van der Waals surface area contributed by atoms with Gasteiger partial charge in [0.25, 0.3) is 10.0 Å². The Morgan fingerprint density at radius 1 is 1.03 bits per heavy atom. The molecule has 1 heterocycles. The summed E-state index contributed by atoms with van der Waals surface area (Å²) < 4.78 is 33.5. The second-order valence-corrected chi connectivity index (χ2v) is 10.2. The summed E-state index contributed by atoms with van der Waals surface area (Å²) in [7, 11) is -4.01. The fraction of sp³-hybridized carbons (Fsp3) is 0.259. The van der Waals surface area contributed by atoms with Crippen LogP contribution >= 0.6 is 0 Å². The number of nitrogens with one attached hydrogen (secondary N) is 1. The zero-order valence-electron chi connectivity index (χ0n) is 20.1. The molecule has 36 heavy (non-hydrogen) atoms. The monoisotopic (exact) mass is 507 g/mol. The second kappa shape index (κ2) is 11.3. The lowest BCUT2D eigenvalue weighted by atomic mass is 10.2. The van der Waals surface area contributed by atoms with Crippen LogP contribution < -0.4 is 19.3 Å². The maximum Gasteiger partial charge on any atom is 0.264 e. The normalized spacial score (nSPS) is 13.5. The van der Waals surface area contributed by atoms with Gasteiger partial charge in [-0.2, -0.15) is 0 Å². The average molecular weight is 508 g/mol. The summed E-state index contributed by atoms with van der Waals surface area (Å²) >= 11 is 0. The van der Waals surface area contributed by atoms with Gasteiger partial charge in [-0.25, -0.2) is 8.42 Å². The highest BCUT2D eigenvalue weighted by Gasteiger charge is 2.27. The van der Waals surface area contributed by atoms with Crippen LogP contribution in [0.5, 0.6) is 5.75 Å². The number of rotatable bonds is 10. The van der Waals surface area contributed by atoms with Crippen molar-refractivity contribution in [2.45, 2.75) is 31.2 Å². The molecule has 8 nitrogen and oxygen atoms in total. The lowest BCUT2D eigenvalue weighted by Gasteiger charge is -2.24. The van der Waals surface area contributed by atoms with E-state index in [1.54, 1.807) is 47.4 Å². The number of amides is 2. The number of carbonyl (C=O) groups is 2. The third kappa shape index (κ3) is 5.85. The van der Waals surface area contributed by atoms with E-state index in [9.17, 15) is 18.0 Å². The second-order valence-electron chi connectivity index (χ2n) is 8.35. The topological polar surface area (TPSA) is 96.0 Å². The van der Waals surface area contributed by atoms with Gasteiger partial charge in [0.2, 0.25) is 11.8 Å². The Kier molecular flexibility index (Phi) is 7.90. The SMILES string of the molecule is CCOc1ccc(S(=O)(=O)N(CC(=O)NCc2cccc(N3CCCC3=O)c2)c2ccccc2)cc1. The number of anilines is 2. The van der Waals surface area contributed by atoms with Crippen LogP contribution in [0.4, 0.5) is 11.4 Å². The maximum absolute atomic E-state index is 13.5. The molecule has 188 valence electrons. The van der Waals surface area contributed by atoms with E-state index in [-0.39, 0.29) is 23.9 Å². The van der Waals surface area contributed by atoms with E-state index in [1.807, 2.05) is 31.2 Å². The van der Waals surface area contributed by atoms with Gasteiger partial charge in [-0.1, -0.05) is 30.3 Å². The Hall–Kier alpha value is -3.85. The van der Waals surface area contributed by atoms with Crippen molar-refractivity contribution in [1.82, 2.24) is 5.32 Å². The maximum atomic E-state index is 13.5. The predicted molar refractivity (Wildman–Crippen MR) is 138 cm³/mol. The summed E-state index contributed by atoms with van der Waals surface area (Å²) in [5.74, 6) is 0.212. The Morgan fingerprint density at radius 3 is 2.44 bits per heavy atom. The molecule has 1 fully saturated rings. The number of hydrogen-bond donors (Lipinski definition) is 1. The molecule has 0 saturated carbocycles. The molecule has 0 spiro atoms. The zero-order chi connectivity index (χ0) is 25.5. The Morgan fingerprint density at radius 2 is 1.78 bits per heavy atom. The number of sulfonamides is 1. The van der Waals surface area contributed by atoms with Gasteiger partial charge in [0.1, 0.15) is 12.3 Å². The molecule has 0 aromatic heterocycles. The van der Waals surface area contributed by atoms with Crippen molar-refractivity contribution in [1.29, 1.82) is 0 Å². The van der Waals surface area contributed by atoms with Crippen molar-refractivity contribution >= 4 is 33.2 Å². The van der Waals surface area contributed by atoms with Gasteiger partial charge in [-0.3, -0.25) is 13.9 Å². The molecule has 9 heteroatoms. The summed E-state index contributed by atoms with van der Waals surface area (Å²) in [6.07, 6.45) is 1.37. The molecule has 3 aromatic rings. The minimum atomic E-state index is -4.01. The standard InChI is InChI=1S/C27H29N3O5S/c1-2-35-24-13-15-25(16-14-24)36(33,34)30(22-9-4-3-5-10-22)20-26(31)28-19-21-8-6-11-23(18-21)29-17-7-12-27(29)32/h3-6,8-11,13-16,18H,2,7,12,17,19-20H2,1H3,(H,28,31). The number of carbonyl (C=O) groups excluding carboxylic acids is 2. The van der Waals surface area contributed by atoms with Crippen molar-refractivity contribution in [2.24, 2.45) is 0 Å². The molecule has 1 aliphatic rings. The molecule has 3 aromatic carbocycles. The van der Waals surface area contributed by atoms with E-state index in [2.05, 4.69) is 5.32 Å². The molecule has 1 N–H and O–H groups in total. The van der Waals surface area contributed by atoms with Gasteiger partial charge in [-0.05, 0) is 67.4 Å². The number of ether oxygens (including phenoxy) is 1. The van der Waals surface area contributed by atoms with Crippen LogP contribution in [0.1, 0.15) is 25.3 Å². The van der Waals surface area contributed by atoms with Gasteiger partial charge >= 0.3 is 0 Å². The Balaban J connectivity index is 1.49. The van der Waals surface area contributed by atoms with Crippen LogP contribution in [-0.2, 0) is 26.2 Å². The lowest BCUT2D eigenvalue weighted by Crippen LogP contribution is -2.40. The summed E-state index contributed by atoms with van der Waals surface area (Å²) in [6, 6.07) is 22.1. The smallest absolute Gasteiger partial charge is 0.264 e. The molecule has 0 bridgehead atoms. The molecule has 0 radical (unpaired) electrons. The summed E-state index contributed by atoms with van der Waals surface area (Å²) in [5.41, 5.74) is 2.01. The van der Waals surface area contributed by atoms with Crippen molar-refractivity contribution in [3.63, 3.8) is 0 Å². The van der Waals surface area contributed by atoms with Gasteiger partial charge < -0.3 is 15.0 Å². The molecule has 1 aliphatic heterocycles. The zero-order valence-corrected chi connectivity index (χ0v) is 20.9. The van der Waals surface area contributed by atoms with Crippen LogP contribution in [0.25, 0.3) is 0 Å². The van der Waals surface area contributed by atoms with Crippen LogP contribution in [-0.4, -0.2) is 39.9 Å². The first-order chi connectivity index (χ1) is 17.4. The number of hydrogen-bond acceptors (Lipinski definition) is 5. The van der Waals surface area contributed by atoms with Crippen LogP contribution in [0.2, 0.25) is 0 Å². The van der Waals surface area contributed by atoms with Crippen molar-refractivity contribution in [3.05, 3.63) is 84.4 Å². The third-order valence-corrected chi connectivity index (χ3v) is 7.63. The fourth-order valence-electron chi connectivity index (χ4n) is 4.05. The van der Waals surface area contributed by atoms with Gasteiger partial charge in [-0.15, -0.1) is 0 Å². The first-order valence-electron chi connectivity index (χ1n) is 11.8.